The van der Waals surface area contributed by atoms with Gasteiger partial charge in [0.05, 0.1) is 6.54 Å². The number of imidazole rings is 1. The molecule has 0 atom stereocenters. The van der Waals surface area contributed by atoms with Crippen molar-refractivity contribution in [2.75, 3.05) is 33.3 Å². The van der Waals surface area contributed by atoms with Crippen LogP contribution in [0.5, 0.6) is 5.75 Å². The molecule has 30 heavy (non-hydrogen) atoms. The van der Waals surface area contributed by atoms with Crippen LogP contribution in [0, 0.1) is 19.8 Å². The minimum absolute atomic E-state index is 0.0362. The maximum atomic E-state index is 12.8. The number of sulfonamides is 1. The van der Waals surface area contributed by atoms with Gasteiger partial charge in [-0.1, -0.05) is 18.2 Å². The number of carbonyl (C=O) groups is 1. The molecule has 0 spiro atoms. The fourth-order valence-corrected chi connectivity index (χ4v) is 5.05. The molecule has 0 bridgehead atoms. The van der Waals surface area contributed by atoms with E-state index in [1.165, 1.54) is 10.5 Å². The van der Waals surface area contributed by atoms with Gasteiger partial charge in [-0.2, -0.15) is 4.31 Å². The van der Waals surface area contributed by atoms with Gasteiger partial charge >= 0.3 is 0 Å². The summed E-state index contributed by atoms with van der Waals surface area (Å²) in [6.45, 7) is 5.29. The quantitative estimate of drug-likeness (QED) is 0.665. The minimum atomic E-state index is -3.63. The van der Waals surface area contributed by atoms with Gasteiger partial charge in [0.15, 0.2) is 5.03 Å². The average Bonchev–Trinajstić information content (AvgIpc) is 3.08. The number of likely N-dealkylation sites (N-methyl/N-ethyl adjacent to an activating group) is 1. The third kappa shape index (κ3) is 4.84. The average molecular weight is 435 g/mol. The molecule has 1 amide bonds. The zero-order valence-electron chi connectivity index (χ0n) is 18.0. The lowest BCUT2D eigenvalue weighted by Gasteiger charge is -2.32. The summed E-state index contributed by atoms with van der Waals surface area (Å²) < 4.78 is 34.5. The van der Waals surface area contributed by atoms with Crippen LogP contribution in [0.25, 0.3) is 0 Å². The third-order valence-electron chi connectivity index (χ3n) is 5.65. The van der Waals surface area contributed by atoms with Gasteiger partial charge in [-0.3, -0.25) is 4.79 Å². The summed E-state index contributed by atoms with van der Waals surface area (Å²) in [5, 5.41) is 0.0674. The Hall–Kier alpha value is -2.39. The minimum Gasteiger partial charge on any atom is -0.491 e. The number of aromatic nitrogens is 2. The molecule has 0 aliphatic carbocycles. The largest absolute Gasteiger partial charge is 0.491 e. The van der Waals surface area contributed by atoms with Crippen molar-refractivity contribution < 1.29 is 17.9 Å². The lowest BCUT2D eigenvalue weighted by atomic mass is 9.97. The summed E-state index contributed by atoms with van der Waals surface area (Å²) in [6, 6.07) is 7.78. The van der Waals surface area contributed by atoms with Gasteiger partial charge in [-0.25, -0.2) is 13.4 Å². The second-order valence-corrected chi connectivity index (χ2v) is 9.67. The van der Waals surface area contributed by atoms with E-state index in [1.807, 2.05) is 31.2 Å². The molecule has 1 aromatic heterocycles. The first-order chi connectivity index (χ1) is 14.2. The summed E-state index contributed by atoms with van der Waals surface area (Å²) in [6.07, 6.45) is 2.55. The van der Waals surface area contributed by atoms with Gasteiger partial charge in [0.25, 0.3) is 10.0 Å². The zero-order chi connectivity index (χ0) is 21.9. The number of nitrogens with zero attached hydrogens (tertiary/aromatic N) is 4. The van der Waals surface area contributed by atoms with Crippen molar-refractivity contribution in [1.82, 2.24) is 18.8 Å². The highest BCUT2D eigenvalue weighted by Crippen LogP contribution is 2.24. The Labute approximate surface area is 178 Å². The number of para-hydroxylation sites is 1. The van der Waals surface area contributed by atoms with Crippen LogP contribution in [0.3, 0.4) is 0 Å². The van der Waals surface area contributed by atoms with Crippen molar-refractivity contribution in [3.63, 3.8) is 0 Å². The topological polar surface area (TPSA) is 84.7 Å². The van der Waals surface area contributed by atoms with E-state index in [2.05, 4.69) is 4.98 Å². The van der Waals surface area contributed by atoms with Gasteiger partial charge in [0, 0.05) is 39.3 Å². The first-order valence-corrected chi connectivity index (χ1v) is 11.6. The molecule has 0 saturated carbocycles. The molecule has 1 aromatic carbocycles. The highest BCUT2D eigenvalue weighted by Gasteiger charge is 2.34. The molecular weight excluding hydrogens is 404 g/mol. The van der Waals surface area contributed by atoms with Crippen molar-refractivity contribution in [3.05, 3.63) is 41.9 Å². The predicted octanol–water partition coefficient (Wildman–Crippen LogP) is 1.98. The predicted molar refractivity (Wildman–Crippen MR) is 114 cm³/mol. The number of amides is 1. The highest BCUT2D eigenvalue weighted by atomic mass is 32.2. The molecule has 9 heteroatoms. The summed E-state index contributed by atoms with van der Waals surface area (Å²) in [5.41, 5.74) is 1.06. The monoisotopic (exact) mass is 434 g/mol. The van der Waals surface area contributed by atoms with Crippen LogP contribution in [-0.2, 0) is 21.9 Å². The first-order valence-electron chi connectivity index (χ1n) is 10.1. The normalized spacial score (nSPS) is 15.9. The molecule has 0 N–H and O–H groups in total. The molecule has 1 saturated heterocycles. The van der Waals surface area contributed by atoms with Gasteiger partial charge in [-0.05, 0) is 38.3 Å². The number of rotatable bonds is 7. The van der Waals surface area contributed by atoms with E-state index >= 15 is 0 Å². The van der Waals surface area contributed by atoms with Gasteiger partial charge in [-0.15, -0.1) is 0 Å². The highest BCUT2D eigenvalue weighted by molar-refractivity contribution is 7.89. The van der Waals surface area contributed by atoms with E-state index in [0.29, 0.717) is 44.9 Å². The van der Waals surface area contributed by atoms with Crippen LogP contribution in [0.4, 0.5) is 0 Å². The van der Waals surface area contributed by atoms with Gasteiger partial charge in [0.2, 0.25) is 5.91 Å². The fraction of sp³-hybridized carbons (Fsp3) is 0.524. The van der Waals surface area contributed by atoms with E-state index in [0.717, 1.165) is 11.3 Å². The molecule has 2 heterocycles. The number of benzene rings is 1. The molecular formula is C21H30N4O4S. The van der Waals surface area contributed by atoms with Crippen molar-refractivity contribution in [2.45, 2.75) is 31.7 Å². The molecule has 0 radical (unpaired) electrons. The summed E-state index contributed by atoms with van der Waals surface area (Å²) in [7, 11) is -0.0896. The smallest absolute Gasteiger partial charge is 0.262 e. The molecule has 164 valence electrons. The third-order valence-corrected chi connectivity index (χ3v) is 7.42. The second-order valence-electron chi connectivity index (χ2n) is 7.79. The van der Waals surface area contributed by atoms with Crippen LogP contribution < -0.4 is 4.74 Å². The maximum Gasteiger partial charge on any atom is 0.262 e. The van der Waals surface area contributed by atoms with E-state index in [4.69, 9.17) is 4.74 Å². The van der Waals surface area contributed by atoms with E-state index < -0.39 is 10.0 Å². The number of carbonyl (C=O) groups excluding carboxylic acids is 1. The SMILES string of the molecule is Cc1ccccc1OCCN(C)C(=O)C1CCN(S(=O)(=O)c2cn(C)c(C)n2)CC1. The Balaban J connectivity index is 1.50. The fourth-order valence-electron chi connectivity index (χ4n) is 3.56. The van der Waals surface area contributed by atoms with Crippen LogP contribution >= 0.6 is 0 Å². The molecule has 1 fully saturated rings. The Bertz CT molecular complexity index is 975. The summed E-state index contributed by atoms with van der Waals surface area (Å²) in [4.78, 5) is 18.6. The van der Waals surface area contributed by atoms with Crippen molar-refractivity contribution in [3.8, 4) is 5.75 Å². The number of piperidine rings is 1. The summed E-state index contributed by atoms with van der Waals surface area (Å²) >= 11 is 0. The second kappa shape index (κ2) is 9.18. The molecule has 0 unspecified atom stereocenters. The zero-order valence-corrected chi connectivity index (χ0v) is 18.9. The Morgan fingerprint density at radius 3 is 2.50 bits per heavy atom. The van der Waals surface area contributed by atoms with Gasteiger partial charge < -0.3 is 14.2 Å². The molecule has 3 rings (SSSR count). The number of aryl methyl sites for hydroxylation is 3. The van der Waals surface area contributed by atoms with Gasteiger partial charge in [0.1, 0.15) is 18.2 Å². The number of hydrogen-bond donors (Lipinski definition) is 0. The summed E-state index contributed by atoms with van der Waals surface area (Å²) in [5.74, 6) is 1.33. The first kappa shape index (κ1) is 22.3. The van der Waals surface area contributed by atoms with Crippen LogP contribution in [-0.4, -0.2) is 66.4 Å². The van der Waals surface area contributed by atoms with E-state index in [-0.39, 0.29) is 16.9 Å². The molecule has 2 aromatic rings. The molecule has 8 nitrogen and oxygen atoms in total. The number of hydrogen-bond acceptors (Lipinski definition) is 5. The standard InChI is InChI=1S/C21H30N4O4S/c1-16-7-5-6-8-19(16)29-14-13-23(3)21(26)18-9-11-25(12-10-18)30(27,28)20-15-24(4)17(2)22-20/h5-8,15,18H,9-14H2,1-4H3. The van der Waals surface area contributed by atoms with E-state index in [9.17, 15) is 13.2 Å². The molecule has 1 aliphatic rings. The van der Waals surface area contributed by atoms with Crippen molar-refractivity contribution in [1.29, 1.82) is 0 Å². The Kier molecular flexibility index (Phi) is 6.82. The van der Waals surface area contributed by atoms with Crippen LogP contribution in [0.15, 0.2) is 35.5 Å². The van der Waals surface area contributed by atoms with E-state index in [1.54, 1.807) is 30.5 Å². The van der Waals surface area contributed by atoms with Crippen LogP contribution in [0.1, 0.15) is 24.2 Å². The lowest BCUT2D eigenvalue weighted by molar-refractivity contribution is -0.135. The Morgan fingerprint density at radius 2 is 1.90 bits per heavy atom. The van der Waals surface area contributed by atoms with Crippen molar-refractivity contribution >= 4 is 15.9 Å². The maximum absolute atomic E-state index is 12.8. The molecule has 1 aliphatic heterocycles. The Morgan fingerprint density at radius 1 is 1.23 bits per heavy atom. The lowest BCUT2D eigenvalue weighted by Crippen LogP contribution is -2.44. The number of ether oxygens (including phenoxy) is 1. The van der Waals surface area contributed by atoms with Crippen LogP contribution in [0.2, 0.25) is 0 Å². The van der Waals surface area contributed by atoms with Crippen molar-refractivity contribution in [2.24, 2.45) is 13.0 Å².